The number of hydrogen-bond acceptors (Lipinski definition) is 3. The predicted octanol–water partition coefficient (Wildman–Crippen LogP) is 3.77. The molecule has 4 rings (SSSR count). The zero-order valence-corrected chi connectivity index (χ0v) is 14.3. The maximum absolute atomic E-state index is 11.8. The van der Waals surface area contributed by atoms with Crippen LogP contribution < -0.4 is 0 Å². The van der Waals surface area contributed by atoms with Crippen LogP contribution in [-0.4, -0.2) is 16.5 Å². The summed E-state index contributed by atoms with van der Waals surface area (Å²) >= 11 is 0. The van der Waals surface area contributed by atoms with Gasteiger partial charge in [0.1, 0.15) is 0 Å². The van der Waals surface area contributed by atoms with Crippen molar-refractivity contribution >= 4 is 5.78 Å². The Kier molecular flexibility index (Phi) is 3.14. The minimum absolute atomic E-state index is 0.172. The van der Waals surface area contributed by atoms with E-state index in [1.165, 1.54) is 5.57 Å². The molecule has 0 aromatic carbocycles. The van der Waals surface area contributed by atoms with E-state index in [4.69, 9.17) is 0 Å². The Hall–Kier alpha value is -1.14. The molecular formula is C20H27NO2. The summed E-state index contributed by atoms with van der Waals surface area (Å²) in [5.41, 5.74) is 0.172. The summed E-state index contributed by atoms with van der Waals surface area (Å²) in [6, 6.07) is 2.25. The summed E-state index contributed by atoms with van der Waals surface area (Å²) in [5, 5.41) is 20.4. The lowest BCUT2D eigenvalue weighted by molar-refractivity contribution is -0.119. The number of carbonyl (C=O) groups is 1. The summed E-state index contributed by atoms with van der Waals surface area (Å²) in [7, 11) is 0. The number of fused-ring (bicyclic) bond motifs is 5. The van der Waals surface area contributed by atoms with Gasteiger partial charge in [-0.15, -0.1) is 0 Å². The highest BCUT2D eigenvalue weighted by Crippen LogP contribution is 2.67. The molecule has 0 spiro atoms. The minimum Gasteiger partial charge on any atom is -0.375 e. The van der Waals surface area contributed by atoms with Gasteiger partial charge in [0.2, 0.25) is 0 Å². The van der Waals surface area contributed by atoms with Crippen molar-refractivity contribution in [3.63, 3.8) is 0 Å². The first kappa shape index (κ1) is 15.4. The van der Waals surface area contributed by atoms with Crippen molar-refractivity contribution in [2.75, 3.05) is 0 Å². The van der Waals surface area contributed by atoms with Crippen LogP contribution in [0.4, 0.5) is 0 Å². The van der Waals surface area contributed by atoms with Crippen molar-refractivity contribution < 1.29 is 9.90 Å². The third-order valence-electron chi connectivity index (χ3n) is 8.30. The molecule has 0 radical (unpaired) electrons. The number of carbonyl (C=O) groups excluding carboxylic acids is 1. The van der Waals surface area contributed by atoms with Gasteiger partial charge in [-0.1, -0.05) is 19.4 Å². The number of nitrogens with zero attached hydrogens (tertiary/aromatic N) is 1. The maximum atomic E-state index is 11.8. The minimum atomic E-state index is -1.14. The number of aliphatic hydroxyl groups is 1. The monoisotopic (exact) mass is 313 g/mol. The number of hydrogen-bond donors (Lipinski definition) is 1. The van der Waals surface area contributed by atoms with Gasteiger partial charge in [0.05, 0.1) is 6.07 Å². The van der Waals surface area contributed by atoms with Crippen LogP contribution in [0.15, 0.2) is 11.6 Å². The topological polar surface area (TPSA) is 61.1 Å². The second-order valence-corrected chi connectivity index (χ2v) is 8.94. The molecule has 0 aliphatic heterocycles. The number of rotatable bonds is 0. The molecule has 6 atom stereocenters. The average Bonchev–Trinajstić information content (AvgIpc) is 2.80. The predicted molar refractivity (Wildman–Crippen MR) is 87.3 cm³/mol. The molecule has 3 fully saturated rings. The zero-order chi connectivity index (χ0) is 16.5. The lowest BCUT2D eigenvalue weighted by atomic mass is 9.46. The summed E-state index contributed by atoms with van der Waals surface area (Å²) in [6.45, 7) is 4.53. The highest BCUT2D eigenvalue weighted by Gasteiger charge is 2.64. The van der Waals surface area contributed by atoms with Crippen LogP contribution in [0.2, 0.25) is 0 Å². The van der Waals surface area contributed by atoms with E-state index in [-0.39, 0.29) is 10.8 Å². The molecule has 0 bridgehead atoms. The van der Waals surface area contributed by atoms with Crippen molar-refractivity contribution in [3.05, 3.63) is 11.6 Å². The van der Waals surface area contributed by atoms with Gasteiger partial charge in [0.25, 0.3) is 0 Å². The van der Waals surface area contributed by atoms with E-state index in [2.05, 4.69) is 19.9 Å². The Morgan fingerprint density at radius 1 is 1.13 bits per heavy atom. The van der Waals surface area contributed by atoms with Gasteiger partial charge in [0.15, 0.2) is 11.4 Å². The normalized spacial score (nSPS) is 52.0. The van der Waals surface area contributed by atoms with E-state index in [0.717, 1.165) is 38.5 Å². The second-order valence-electron chi connectivity index (χ2n) is 8.94. The van der Waals surface area contributed by atoms with Crippen molar-refractivity contribution in [3.8, 4) is 6.07 Å². The molecular weight excluding hydrogens is 286 g/mol. The Labute approximate surface area is 138 Å². The van der Waals surface area contributed by atoms with Gasteiger partial charge >= 0.3 is 0 Å². The fraction of sp³-hybridized carbons (Fsp3) is 0.800. The van der Waals surface area contributed by atoms with Crippen molar-refractivity contribution in [2.45, 2.75) is 70.8 Å². The van der Waals surface area contributed by atoms with Crippen molar-refractivity contribution in [2.24, 2.45) is 28.6 Å². The molecule has 0 unspecified atom stereocenters. The third-order valence-corrected chi connectivity index (χ3v) is 8.30. The van der Waals surface area contributed by atoms with E-state index in [9.17, 15) is 15.2 Å². The number of nitriles is 1. The summed E-state index contributed by atoms with van der Waals surface area (Å²) in [6.07, 6.45) is 9.42. The summed E-state index contributed by atoms with van der Waals surface area (Å²) in [5.74, 6) is 1.99. The van der Waals surface area contributed by atoms with Crippen LogP contribution in [0.5, 0.6) is 0 Å². The first-order chi connectivity index (χ1) is 10.8. The SMILES string of the molecule is C[C@]12CCC(=O)C=C1CC[C@H]1[C@H]2CC[C@@]2(C)[C@H]1CC[C@]2(O)C#N. The van der Waals surface area contributed by atoms with Crippen LogP contribution in [0.3, 0.4) is 0 Å². The highest BCUT2D eigenvalue weighted by atomic mass is 16.3. The summed E-state index contributed by atoms with van der Waals surface area (Å²) in [4.78, 5) is 11.8. The highest BCUT2D eigenvalue weighted by molar-refractivity contribution is 5.91. The average molecular weight is 313 g/mol. The quantitative estimate of drug-likeness (QED) is 0.692. The molecule has 3 saturated carbocycles. The number of ketones is 1. The van der Waals surface area contributed by atoms with E-state index >= 15 is 0 Å². The molecule has 0 amide bonds. The molecule has 0 aromatic rings. The fourth-order valence-corrected chi connectivity index (χ4v) is 6.76. The zero-order valence-electron chi connectivity index (χ0n) is 14.3. The molecule has 3 nitrogen and oxygen atoms in total. The van der Waals surface area contributed by atoms with Crippen LogP contribution in [0.1, 0.15) is 65.2 Å². The van der Waals surface area contributed by atoms with Gasteiger partial charge in [0, 0.05) is 11.8 Å². The Balaban J connectivity index is 1.70. The molecule has 0 heterocycles. The third kappa shape index (κ3) is 1.82. The lowest BCUT2D eigenvalue weighted by Crippen LogP contribution is -2.54. The Morgan fingerprint density at radius 3 is 2.61 bits per heavy atom. The molecule has 0 saturated heterocycles. The molecule has 4 aliphatic rings. The van der Waals surface area contributed by atoms with E-state index in [1.807, 2.05) is 6.08 Å². The van der Waals surface area contributed by atoms with Crippen LogP contribution in [0.25, 0.3) is 0 Å². The molecule has 4 aliphatic carbocycles. The first-order valence-electron chi connectivity index (χ1n) is 9.22. The molecule has 1 N–H and O–H groups in total. The Morgan fingerprint density at radius 2 is 1.87 bits per heavy atom. The van der Waals surface area contributed by atoms with E-state index < -0.39 is 5.60 Å². The largest absolute Gasteiger partial charge is 0.375 e. The second kappa shape index (κ2) is 4.70. The summed E-state index contributed by atoms with van der Waals surface area (Å²) < 4.78 is 0. The van der Waals surface area contributed by atoms with Crippen LogP contribution >= 0.6 is 0 Å². The standard InChI is InChI=1S/C20H27NO2/c1-18-8-5-14(22)11-13(18)3-4-15-16(18)6-9-19(2)17(15)7-10-20(19,23)12-21/h11,15-17,23H,3-10H2,1-2H3/t15-,16+,17-,18-,19-,20-/m0/s1. The lowest BCUT2D eigenvalue weighted by Gasteiger charge is -2.58. The van der Waals surface area contributed by atoms with Crippen molar-refractivity contribution in [1.82, 2.24) is 0 Å². The molecule has 0 aromatic heterocycles. The van der Waals surface area contributed by atoms with E-state index in [0.29, 0.717) is 36.4 Å². The van der Waals surface area contributed by atoms with Gasteiger partial charge in [-0.2, -0.15) is 5.26 Å². The van der Waals surface area contributed by atoms with Crippen LogP contribution in [0, 0.1) is 39.9 Å². The van der Waals surface area contributed by atoms with Gasteiger partial charge in [-0.3, -0.25) is 4.79 Å². The molecule has 124 valence electrons. The Bertz CT molecular complexity index is 632. The fourth-order valence-electron chi connectivity index (χ4n) is 6.76. The maximum Gasteiger partial charge on any atom is 0.156 e. The van der Waals surface area contributed by atoms with Crippen molar-refractivity contribution in [1.29, 1.82) is 5.26 Å². The van der Waals surface area contributed by atoms with Gasteiger partial charge in [-0.25, -0.2) is 0 Å². The molecule has 3 heteroatoms. The van der Waals surface area contributed by atoms with Crippen LogP contribution in [-0.2, 0) is 4.79 Å². The smallest absolute Gasteiger partial charge is 0.156 e. The van der Waals surface area contributed by atoms with Gasteiger partial charge < -0.3 is 5.11 Å². The number of allylic oxidation sites excluding steroid dienone is 1. The van der Waals surface area contributed by atoms with Gasteiger partial charge in [-0.05, 0) is 74.2 Å². The van der Waals surface area contributed by atoms with E-state index in [1.54, 1.807) is 0 Å². The molecule has 23 heavy (non-hydrogen) atoms. The first-order valence-corrected chi connectivity index (χ1v) is 9.22.